The monoisotopic (exact) mass is 207 g/mol. The molecule has 0 saturated heterocycles. The van der Waals surface area contributed by atoms with Crippen molar-refractivity contribution in [3.05, 3.63) is 28.5 Å². The molecule has 2 aromatic rings. The quantitative estimate of drug-likeness (QED) is 0.666. The van der Waals surface area contributed by atoms with E-state index in [1.54, 1.807) is 0 Å². The van der Waals surface area contributed by atoms with Crippen molar-refractivity contribution < 1.29 is 4.42 Å². The zero-order chi connectivity index (χ0) is 10.1. The highest BCUT2D eigenvalue weighted by atomic mass is 32.1. The number of hydrogen-bond donors (Lipinski definition) is 0. The van der Waals surface area contributed by atoms with Gasteiger partial charge in [0.05, 0.1) is 29.5 Å². The van der Waals surface area contributed by atoms with Crippen LogP contribution < -0.4 is 0 Å². The number of fused-ring (bicyclic) bond motifs is 1. The lowest BCUT2D eigenvalue weighted by atomic mass is 10.2. The average Bonchev–Trinajstić information content (AvgIpc) is 2.45. The Hall–Kier alpha value is -0.890. The average molecular weight is 207 g/mol. The van der Waals surface area contributed by atoms with Gasteiger partial charge >= 0.3 is 11.5 Å². The molecule has 0 fully saturated rings. The van der Waals surface area contributed by atoms with E-state index in [1.165, 1.54) is 15.0 Å². The zero-order valence-corrected chi connectivity index (χ0v) is 9.70. The third-order valence-corrected chi connectivity index (χ3v) is 3.28. The van der Waals surface area contributed by atoms with Crippen LogP contribution in [0, 0.1) is 13.8 Å². The van der Waals surface area contributed by atoms with Gasteiger partial charge in [-0.05, 0) is 19.4 Å². The summed E-state index contributed by atoms with van der Waals surface area (Å²) >= 11 is 1.85. The van der Waals surface area contributed by atoms with Crippen molar-refractivity contribution in [2.45, 2.75) is 33.6 Å². The smallest absolute Gasteiger partial charge is 0.217 e. The molecule has 2 heteroatoms. The molecule has 0 bridgehead atoms. The van der Waals surface area contributed by atoms with E-state index in [1.807, 2.05) is 18.3 Å². The van der Waals surface area contributed by atoms with Gasteiger partial charge in [0.25, 0.3) is 0 Å². The molecule has 0 radical (unpaired) electrons. The molecule has 0 unspecified atom stereocenters. The maximum Gasteiger partial charge on any atom is 0.338 e. The molecule has 0 saturated carbocycles. The van der Waals surface area contributed by atoms with Gasteiger partial charge in [-0.25, -0.2) is 4.42 Å². The largest absolute Gasteiger partial charge is 0.338 e. The molecule has 0 atom stereocenters. The van der Waals surface area contributed by atoms with Crippen LogP contribution in [0.1, 0.15) is 29.7 Å². The Kier molecular flexibility index (Phi) is 2.55. The molecule has 0 aliphatic heterocycles. The summed E-state index contributed by atoms with van der Waals surface area (Å²) in [6.07, 6.45) is 2.17. The molecule has 1 nitrogen and oxygen atoms in total. The third kappa shape index (κ3) is 1.67. The number of thiophene rings is 1. The molecule has 0 aliphatic rings. The van der Waals surface area contributed by atoms with Crippen molar-refractivity contribution in [2.75, 3.05) is 0 Å². The van der Waals surface area contributed by atoms with Gasteiger partial charge in [0.2, 0.25) is 0 Å². The van der Waals surface area contributed by atoms with Gasteiger partial charge in [-0.15, -0.1) is 11.3 Å². The predicted octanol–water partition coefficient (Wildman–Crippen LogP) is 4.34. The molecule has 74 valence electrons. The normalized spacial score (nSPS) is 11.1. The van der Waals surface area contributed by atoms with Crippen molar-refractivity contribution in [1.29, 1.82) is 0 Å². The highest BCUT2D eigenvalue weighted by molar-refractivity contribution is 7.19. The third-order valence-electron chi connectivity index (χ3n) is 2.28. The van der Waals surface area contributed by atoms with Crippen LogP contribution in [0.15, 0.2) is 16.5 Å². The molecular formula is C12H15OS+. The van der Waals surface area contributed by atoms with Crippen LogP contribution >= 0.6 is 11.3 Å². The summed E-state index contributed by atoms with van der Waals surface area (Å²) in [5.41, 5.74) is 0. The standard InChI is InChI=1S/C12H15OS/c1-4-5-11-10-7-9(3)14-12(10)6-8(2)13-11/h6-7H,4-5H2,1-3H3/q+1. The summed E-state index contributed by atoms with van der Waals surface area (Å²) in [4.78, 5) is 1.36. The fraction of sp³-hybridized carbons (Fsp3) is 0.417. The van der Waals surface area contributed by atoms with Crippen molar-refractivity contribution in [1.82, 2.24) is 0 Å². The van der Waals surface area contributed by atoms with Gasteiger partial charge in [-0.1, -0.05) is 6.92 Å². The molecule has 14 heavy (non-hydrogen) atoms. The van der Waals surface area contributed by atoms with Crippen molar-refractivity contribution in [3.8, 4) is 0 Å². The topological polar surface area (TPSA) is 11.3 Å². The van der Waals surface area contributed by atoms with E-state index in [0.717, 1.165) is 24.4 Å². The summed E-state index contributed by atoms with van der Waals surface area (Å²) in [6, 6.07) is 4.36. The fourth-order valence-electron chi connectivity index (χ4n) is 1.73. The molecule has 0 amide bonds. The van der Waals surface area contributed by atoms with Crippen molar-refractivity contribution >= 4 is 21.4 Å². The first kappa shape index (κ1) is 9.66. The van der Waals surface area contributed by atoms with E-state index in [4.69, 9.17) is 4.42 Å². The minimum Gasteiger partial charge on any atom is -0.217 e. The van der Waals surface area contributed by atoms with Gasteiger partial charge in [-0.2, -0.15) is 0 Å². The van der Waals surface area contributed by atoms with Crippen LogP contribution in [0.5, 0.6) is 0 Å². The summed E-state index contributed by atoms with van der Waals surface area (Å²) in [5.74, 6) is 2.16. The highest BCUT2D eigenvalue weighted by Gasteiger charge is 2.17. The lowest BCUT2D eigenvalue weighted by Gasteiger charge is -1.90. The fourth-order valence-corrected chi connectivity index (χ4v) is 2.76. The molecule has 0 aromatic carbocycles. The van der Waals surface area contributed by atoms with E-state index in [0.29, 0.717) is 0 Å². The second kappa shape index (κ2) is 3.70. The predicted molar refractivity (Wildman–Crippen MR) is 62.0 cm³/mol. The molecule has 0 aliphatic carbocycles. The Bertz CT molecular complexity index is 457. The van der Waals surface area contributed by atoms with Crippen LogP contribution in [0.25, 0.3) is 10.1 Å². The van der Waals surface area contributed by atoms with Gasteiger partial charge in [-0.3, -0.25) is 0 Å². The molecule has 0 spiro atoms. The van der Waals surface area contributed by atoms with E-state index >= 15 is 0 Å². The summed E-state index contributed by atoms with van der Waals surface area (Å²) in [6.45, 7) is 6.35. The number of rotatable bonds is 2. The minimum absolute atomic E-state index is 1.02. The van der Waals surface area contributed by atoms with Crippen LogP contribution in [0.3, 0.4) is 0 Å². The summed E-state index contributed by atoms with van der Waals surface area (Å²) in [5, 5.41) is 1.31. The number of aryl methyl sites for hydroxylation is 3. The van der Waals surface area contributed by atoms with Crippen LogP contribution in [0.4, 0.5) is 0 Å². The first-order valence-corrected chi connectivity index (χ1v) is 5.85. The SMILES string of the molecule is CCCc1[o+]c(C)cc2sc(C)cc12. The second-order valence-corrected chi connectivity index (χ2v) is 4.95. The second-order valence-electron chi connectivity index (χ2n) is 3.67. The molecule has 2 rings (SSSR count). The Balaban J connectivity index is 2.66. The molecule has 2 aromatic heterocycles. The summed E-state index contributed by atoms with van der Waals surface area (Å²) < 4.78 is 7.11. The first-order valence-electron chi connectivity index (χ1n) is 5.03. The molecule has 2 heterocycles. The molecular weight excluding hydrogens is 192 g/mol. The molecule has 0 N–H and O–H groups in total. The van der Waals surface area contributed by atoms with Crippen LogP contribution in [0.2, 0.25) is 0 Å². The Morgan fingerprint density at radius 3 is 2.79 bits per heavy atom. The first-order chi connectivity index (χ1) is 6.70. The van der Waals surface area contributed by atoms with Crippen molar-refractivity contribution in [2.24, 2.45) is 0 Å². The van der Waals surface area contributed by atoms with Gasteiger partial charge in [0, 0.05) is 4.88 Å². The lowest BCUT2D eigenvalue weighted by molar-refractivity contribution is 0.471. The lowest BCUT2D eigenvalue weighted by Crippen LogP contribution is -1.85. The van der Waals surface area contributed by atoms with Crippen molar-refractivity contribution in [3.63, 3.8) is 0 Å². The maximum atomic E-state index is 5.75. The Morgan fingerprint density at radius 2 is 2.07 bits per heavy atom. The Labute approximate surface area is 88.4 Å². The van der Waals surface area contributed by atoms with Gasteiger partial charge in [0.15, 0.2) is 0 Å². The van der Waals surface area contributed by atoms with E-state index < -0.39 is 0 Å². The van der Waals surface area contributed by atoms with E-state index in [-0.39, 0.29) is 0 Å². The number of hydrogen-bond acceptors (Lipinski definition) is 1. The zero-order valence-electron chi connectivity index (χ0n) is 8.89. The summed E-state index contributed by atoms with van der Waals surface area (Å²) in [7, 11) is 0. The van der Waals surface area contributed by atoms with E-state index in [2.05, 4.69) is 26.0 Å². The van der Waals surface area contributed by atoms with Crippen LogP contribution in [-0.2, 0) is 6.42 Å². The van der Waals surface area contributed by atoms with E-state index in [9.17, 15) is 0 Å². The Morgan fingerprint density at radius 1 is 1.29 bits per heavy atom. The minimum atomic E-state index is 1.02. The van der Waals surface area contributed by atoms with Gasteiger partial charge < -0.3 is 0 Å². The highest BCUT2D eigenvalue weighted by Crippen LogP contribution is 2.29. The van der Waals surface area contributed by atoms with Crippen LogP contribution in [-0.4, -0.2) is 0 Å². The maximum absolute atomic E-state index is 5.75. The van der Waals surface area contributed by atoms with Gasteiger partial charge in [0.1, 0.15) is 0 Å².